The van der Waals surface area contributed by atoms with E-state index in [0.717, 1.165) is 11.1 Å². The summed E-state index contributed by atoms with van der Waals surface area (Å²) in [7, 11) is -0.903. The second-order valence-electron chi connectivity index (χ2n) is 3.34. The molecule has 78 valence electrons. The zero-order valence-corrected chi connectivity index (χ0v) is 11.5. The summed E-state index contributed by atoms with van der Waals surface area (Å²) < 4.78 is 7.07. The number of benzene rings is 1. The molecule has 0 fully saturated rings. The van der Waals surface area contributed by atoms with Crippen molar-refractivity contribution in [3.63, 3.8) is 0 Å². The van der Waals surface area contributed by atoms with Crippen LogP contribution in [0.25, 0.3) is 0 Å². The maximum atomic E-state index is 5.92. The van der Waals surface area contributed by atoms with Crippen molar-refractivity contribution in [3.05, 3.63) is 34.3 Å². The first-order valence-corrected chi connectivity index (χ1v) is 8.02. The van der Waals surface area contributed by atoms with Crippen molar-refractivity contribution in [1.82, 2.24) is 0 Å². The van der Waals surface area contributed by atoms with Crippen molar-refractivity contribution >= 4 is 25.0 Å². The minimum atomic E-state index is -0.903. The summed E-state index contributed by atoms with van der Waals surface area (Å²) in [5.74, 6) is 0. The van der Waals surface area contributed by atoms with Gasteiger partial charge in [-0.2, -0.15) is 0 Å². The summed E-state index contributed by atoms with van der Waals surface area (Å²) in [6.07, 6.45) is 0. The van der Waals surface area contributed by atoms with E-state index in [1.165, 1.54) is 17.7 Å². The van der Waals surface area contributed by atoms with Crippen molar-refractivity contribution in [1.29, 1.82) is 0 Å². The van der Waals surface area contributed by atoms with E-state index in [4.69, 9.17) is 4.43 Å². The summed E-state index contributed by atoms with van der Waals surface area (Å²) in [4.78, 5) is 0. The van der Waals surface area contributed by atoms with Gasteiger partial charge in [-0.3, -0.25) is 0 Å². The zero-order chi connectivity index (χ0) is 10.4. The quantitative estimate of drug-likeness (QED) is 0.743. The second kappa shape index (κ2) is 6.38. The van der Waals surface area contributed by atoms with Crippen LogP contribution >= 0.6 is 15.9 Å². The van der Waals surface area contributed by atoms with Gasteiger partial charge in [-0.15, -0.1) is 0 Å². The highest BCUT2D eigenvalue weighted by Crippen LogP contribution is 2.17. The van der Waals surface area contributed by atoms with Gasteiger partial charge in [0.15, 0.2) is 9.04 Å². The summed E-state index contributed by atoms with van der Waals surface area (Å²) in [5, 5.41) is 0. The first-order valence-electron chi connectivity index (χ1n) is 5.12. The Hall–Kier alpha value is -0.123. The number of halogens is 1. The van der Waals surface area contributed by atoms with Crippen LogP contribution in [0.15, 0.2) is 28.7 Å². The van der Waals surface area contributed by atoms with Gasteiger partial charge in [0.2, 0.25) is 0 Å². The van der Waals surface area contributed by atoms with Gasteiger partial charge in [0.1, 0.15) is 0 Å². The molecule has 0 heterocycles. The monoisotopic (exact) mass is 272 g/mol. The van der Waals surface area contributed by atoms with Crippen molar-refractivity contribution < 1.29 is 4.43 Å². The third-order valence-corrected chi connectivity index (χ3v) is 5.58. The lowest BCUT2D eigenvalue weighted by Gasteiger charge is -2.12. The van der Waals surface area contributed by atoms with E-state index in [2.05, 4.69) is 48.0 Å². The van der Waals surface area contributed by atoms with Gasteiger partial charge < -0.3 is 4.43 Å². The molecule has 0 aliphatic rings. The highest BCUT2D eigenvalue weighted by atomic mass is 79.9. The maximum absolute atomic E-state index is 5.92. The molecule has 0 saturated heterocycles. The largest absolute Gasteiger partial charge is 0.416 e. The molecule has 1 rings (SSSR count). The molecule has 3 heteroatoms. The molecule has 14 heavy (non-hydrogen) atoms. The maximum Gasteiger partial charge on any atom is 0.176 e. The summed E-state index contributed by atoms with van der Waals surface area (Å²) >= 11 is 3.53. The molecule has 1 nitrogen and oxygen atoms in total. The Kier molecular flexibility index (Phi) is 5.44. The van der Waals surface area contributed by atoms with Crippen LogP contribution in [-0.4, -0.2) is 9.04 Å². The minimum absolute atomic E-state index is 0.764. The molecule has 1 aromatic carbocycles. The van der Waals surface area contributed by atoms with Crippen molar-refractivity contribution in [2.24, 2.45) is 0 Å². The van der Waals surface area contributed by atoms with Crippen molar-refractivity contribution in [3.8, 4) is 0 Å². The van der Waals surface area contributed by atoms with Crippen LogP contribution in [0.1, 0.15) is 19.4 Å². The van der Waals surface area contributed by atoms with Crippen LogP contribution in [0.3, 0.4) is 0 Å². The molecular formula is C11H17BrOSi. The standard InChI is InChI=1S/C11H17BrOSi/c1-3-14(4-2)13-9-10-7-5-6-8-11(10)12/h5-8,14H,3-4,9H2,1-2H3. The highest BCUT2D eigenvalue weighted by Gasteiger charge is 2.07. The summed E-state index contributed by atoms with van der Waals surface area (Å²) in [6, 6.07) is 10.7. The lowest BCUT2D eigenvalue weighted by atomic mass is 10.2. The van der Waals surface area contributed by atoms with Crippen LogP contribution in [-0.2, 0) is 11.0 Å². The van der Waals surface area contributed by atoms with Crippen LogP contribution < -0.4 is 0 Å². The predicted molar refractivity (Wildman–Crippen MR) is 67.0 cm³/mol. The Morgan fingerprint density at radius 2 is 1.86 bits per heavy atom. The van der Waals surface area contributed by atoms with E-state index in [1.807, 2.05) is 6.07 Å². The molecule has 0 N–H and O–H groups in total. The van der Waals surface area contributed by atoms with Crippen LogP contribution in [0.4, 0.5) is 0 Å². The van der Waals surface area contributed by atoms with E-state index in [-0.39, 0.29) is 0 Å². The third-order valence-electron chi connectivity index (χ3n) is 2.34. The molecule has 0 atom stereocenters. The molecule has 0 amide bonds. The normalized spacial score (nSPS) is 10.9. The highest BCUT2D eigenvalue weighted by molar-refractivity contribution is 9.10. The minimum Gasteiger partial charge on any atom is -0.416 e. The lowest BCUT2D eigenvalue weighted by molar-refractivity contribution is 0.307. The van der Waals surface area contributed by atoms with Gasteiger partial charge in [0.05, 0.1) is 6.61 Å². The molecule has 1 aromatic rings. The van der Waals surface area contributed by atoms with Gasteiger partial charge >= 0.3 is 0 Å². The smallest absolute Gasteiger partial charge is 0.176 e. The Balaban J connectivity index is 2.49. The van der Waals surface area contributed by atoms with Crippen molar-refractivity contribution in [2.75, 3.05) is 0 Å². The van der Waals surface area contributed by atoms with Gasteiger partial charge in [0.25, 0.3) is 0 Å². The number of hydrogen-bond acceptors (Lipinski definition) is 1. The van der Waals surface area contributed by atoms with Crippen LogP contribution in [0.5, 0.6) is 0 Å². The Bertz CT molecular complexity index is 274. The van der Waals surface area contributed by atoms with E-state index in [0.29, 0.717) is 0 Å². The fraction of sp³-hybridized carbons (Fsp3) is 0.455. The molecule has 0 saturated carbocycles. The number of hydrogen-bond donors (Lipinski definition) is 0. The molecule has 0 aliphatic carbocycles. The third kappa shape index (κ3) is 3.56. The molecule has 0 unspecified atom stereocenters. The lowest BCUT2D eigenvalue weighted by Crippen LogP contribution is -2.14. The first-order chi connectivity index (χ1) is 6.77. The first kappa shape index (κ1) is 11.9. The summed E-state index contributed by atoms with van der Waals surface area (Å²) in [5.41, 5.74) is 1.26. The Morgan fingerprint density at radius 3 is 2.43 bits per heavy atom. The fourth-order valence-electron chi connectivity index (χ4n) is 1.35. The zero-order valence-electron chi connectivity index (χ0n) is 8.79. The van der Waals surface area contributed by atoms with E-state index < -0.39 is 9.04 Å². The van der Waals surface area contributed by atoms with Gasteiger partial charge in [0, 0.05) is 4.47 Å². The summed E-state index contributed by atoms with van der Waals surface area (Å²) in [6.45, 7) is 5.21. The molecule has 0 spiro atoms. The molecule has 0 aromatic heterocycles. The Morgan fingerprint density at radius 1 is 1.21 bits per heavy atom. The van der Waals surface area contributed by atoms with E-state index >= 15 is 0 Å². The van der Waals surface area contributed by atoms with Gasteiger partial charge in [-0.05, 0) is 23.7 Å². The molecule has 0 aliphatic heterocycles. The number of rotatable bonds is 5. The topological polar surface area (TPSA) is 9.23 Å². The SMILES string of the molecule is CC[SiH](CC)OCc1ccccc1Br. The van der Waals surface area contributed by atoms with Gasteiger partial charge in [-0.25, -0.2) is 0 Å². The van der Waals surface area contributed by atoms with E-state index in [1.54, 1.807) is 0 Å². The van der Waals surface area contributed by atoms with E-state index in [9.17, 15) is 0 Å². The molecular weight excluding hydrogens is 256 g/mol. The van der Waals surface area contributed by atoms with Gasteiger partial charge in [-0.1, -0.05) is 48.0 Å². The fourth-order valence-corrected chi connectivity index (χ4v) is 3.21. The van der Waals surface area contributed by atoms with Crippen LogP contribution in [0, 0.1) is 0 Å². The second-order valence-corrected chi connectivity index (χ2v) is 7.41. The average Bonchev–Trinajstić information content (AvgIpc) is 2.22. The average molecular weight is 273 g/mol. The van der Waals surface area contributed by atoms with Crippen LogP contribution in [0.2, 0.25) is 12.1 Å². The predicted octanol–water partition coefficient (Wildman–Crippen LogP) is 3.73. The Labute approximate surface area is 96.3 Å². The molecule has 0 radical (unpaired) electrons. The molecule has 0 bridgehead atoms. The van der Waals surface area contributed by atoms with Crippen molar-refractivity contribution in [2.45, 2.75) is 32.5 Å².